The molecule has 0 bridgehead atoms. The molecule has 2 heteroatoms. The van der Waals surface area contributed by atoms with Crippen LogP contribution in [0.2, 0.25) is 0 Å². The Morgan fingerprint density at radius 1 is 1.58 bits per heavy atom. The van der Waals surface area contributed by atoms with Crippen LogP contribution in [-0.4, -0.2) is 18.2 Å². The van der Waals surface area contributed by atoms with Crippen LogP contribution < -0.4 is 5.73 Å². The zero-order valence-corrected chi connectivity index (χ0v) is 8.63. The lowest BCUT2D eigenvalue weighted by atomic mass is 9.98. The SMILES string of the molecule is CC(C)OC(C)(CN)C1CC1C. The van der Waals surface area contributed by atoms with E-state index in [4.69, 9.17) is 10.5 Å². The number of nitrogens with two attached hydrogens (primary N) is 1. The molecule has 0 heterocycles. The summed E-state index contributed by atoms with van der Waals surface area (Å²) < 4.78 is 5.86. The summed E-state index contributed by atoms with van der Waals surface area (Å²) in [5.74, 6) is 1.49. The highest BCUT2D eigenvalue weighted by atomic mass is 16.5. The number of rotatable bonds is 4. The van der Waals surface area contributed by atoms with Gasteiger partial charge in [-0.15, -0.1) is 0 Å². The Labute approximate surface area is 75.5 Å². The Bertz CT molecular complexity index is 158. The summed E-state index contributed by atoms with van der Waals surface area (Å²) in [5.41, 5.74) is 5.66. The molecule has 1 rings (SSSR count). The summed E-state index contributed by atoms with van der Waals surface area (Å²) in [4.78, 5) is 0. The van der Waals surface area contributed by atoms with Crippen molar-refractivity contribution in [2.45, 2.75) is 45.8 Å². The van der Waals surface area contributed by atoms with Gasteiger partial charge in [-0.3, -0.25) is 0 Å². The molecule has 0 radical (unpaired) electrons. The van der Waals surface area contributed by atoms with Crippen LogP contribution in [0.25, 0.3) is 0 Å². The molecule has 3 unspecified atom stereocenters. The average Bonchev–Trinajstić information content (AvgIpc) is 2.66. The lowest BCUT2D eigenvalue weighted by Crippen LogP contribution is -2.42. The normalized spacial score (nSPS) is 33.5. The van der Waals surface area contributed by atoms with Crippen molar-refractivity contribution >= 4 is 0 Å². The first-order valence-electron chi connectivity index (χ1n) is 4.87. The van der Waals surface area contributed by atoms with Crippen LogP contribution in [0.4, 0.5) is 0 Å². The monoisotopic (exact) mass is 171 g/mol. The number of hydrogen-bond acceptors (Lipinski definition) is 2. The van der Waals surface area contributed by atoms with Crippen molar-refractivity contribution < 1.29 is 4.74 Å². The fourth-order valence-corrected chi connectivity index (χ4v) is 2.00. The summed E-state index contributed by atoms with van der Waals surface area (Å²) in [6, 6.07) is 0. The third kappa shape index (κ3) is 1.99. The molecule has 1 fully saturated rings. The Morgan fingerprint density at radius 3 is 2.33 bits per heavy atom. The first-order chi connectivity index (χ1) is 5.49. The third-order valence-corrected chi connectivity index (χ3v) is 2.80. The Hall–Kier alpha value is -0.0800. The highest BCUT2D eigenvalue weighted by Gasteiger charge is 2.47. The van der Waals surface area contributed by atoms with E-state index < -0.39 is 0 Å². The molecule has 1 aliphatic rings. The Morgan fingerprint density at radius 2 is 2.08 bits per heavy atom. The van der Waals surface area contributed by atoms with Crippen molar-refractivity contribution in [3.05, 3.63) is 0 Å². The maximum Gasteiger partial charge on any atom is 0.0810 e. The van der Waals surface area contributed by atoms with Gasteiger partial charge in [-0.2, -0.15) is 0 Å². The van der Waals surface area contributed by atoms with Crippen LogP contribution in [-0.2, 0) is 4.74 Å². The minimum absolute atomic E-state index is 0.0758. The van der Waals surface area contributed by atoms with Crippen molar-refractivity contribution in [3.8, 4) is 0 Å². The fraction of sp³-hybridized carbons (Fsp3) is 1.00. The van der Waals surface area contributed by atoms with Crippen molar-refractivity contribution in [2.75, 3.05) is 6.54 Å². The summed E-state index contributed by atoms with van der Waals surface area (Å²) in [6.45, 7) is 9.19. The lowest BCUT2D eigenvalue weighted by molar-refractivity contribution is -0.0785. The fourth-order valence-electron chi connectivity index (χ4n) is 2.00. The largest absolute Gasteiger partial charge is 0.371 e. The van der Waals surface area contributed by atoms with Gasteiger partial charge in [-0.25, -0.2) is 0 Å². The van der Waals surface area contributed by atoms with E-state index in [9.17, 15) is 0 Å². The molecule has 0 saturated heterocycles. The minimum Gasteiger partial charge on any atom is -0.371 e. The van der Waals surface area contributed by atoms with E-state index >= 15 is 0 Å². The molecule has 0 spiro atoms. The average molecular weight is 171 g/mol. The van der Waals surface area contributed by atoms with E-state index in [-0.39, 0.29) is 11.7 Å². The number of hydrogen-bond donors (Lipinski definition) is 1. The molecule has 0 aliphatic heterocycles. The Kier molecular flexibility index (Phi) is 2.79. The van der Waals surface area contributed by atoms with Crippen LogP contribution >= 0.6 is 0 Å². The summed E-state index contributed by atoms with van der Waals surface area (Å²) in [5, 5.41) is 0. The van der Waals surface area contributed by atoms with Crippen LogP contribution in [0.1, 0.15) is 34.1 Å². The zero-order valence-electron chi connectivity index (χ0n) is 8.63. The van der Waals surface area contributed by atoms with E-state index in [0.29, 0.717) is 12.5 Å². The molecule has 1 aliphatic carbocycles. The molecular weight excluding hydrogens is 150 g/mol. The van der Waals surface area contributed by atoms with E-state index in [2.05, 4.69) is 27.7 Å². The standard InChI is InChI=1S/C10H21NO/c1-7(2)12-10(4,6-11)9-5-8(9)3/h7-9H,5-6,11H2,1-4H3. The second-order valence-electron chi connectivity index (χ2n) is 4.50. The third-order valence-electron chi connectivity index (χ3n) is 2.80. The smallest absolute Gasteiger partial charge is 0.0810 e. The van der Waals surface area contributed by atoms with E-state index in [1.807, 2.05) is 0 Å². The zero-order chi connectivity index (χ0) is 9.35. The van der Waals surface area contributed by atoms with Crippen molar-refractivity contribution in [2.24, 2.45) is 17.6 Å². The van der Waals surface area contributed by atoms with Gasteiger partial charge in [0.2, 0.25) is 0 Å². The van der Waals surface area contributed by atoms with Crippen LogP contribution in [0.3, 0.4) is 0 Å². The van der Waals surface area contributed by atoms with E-state index in [1.165, 1.54) is 6.42 Å². The topological polar surface area (TPSA) is 35.2 Å². The molecule has 0 aromatic heterocycles. The summed E-state index contributed by atoms with van der Waals surface area (Å²) in [6.07, 6.45) is 1.56. The molecule has 2 nitrogen and oxygen atoms in total. The first kappa shape index (κ1) is 10.0. The van der Waals surface area contributed by atoms with Crippen molar-refractivity contribution in [1.29, 1.82) is 0 Å². The molecule has 3 atom stereocenters. The lowest BCUT2D eigenvalue weighted by Gasteiger charge is -2.31. The second-order valence-corrected chi connectivity index (χ2v) is 4.50. The maximum absolute atomic E-state index is 5.86. The van der Waals surface area contributed by atoms with Crippen LogP contribution in [0, 0.1) is 11.8 Å². The summed E-state index contributed by atoms with van der Waals surface area (Å²) in [7, 11) is 0. The van der Waals surface area contributed by atoms with Gasteiger partial charge in [0.1, 0.15) is 0 Å². The van der Waals surface area contributed by atoms with Gasteiger partial charge in [0.05, 0.1) is 11.7 Å². The predicted molar refractivity (Wildman–Crippen MR) is 51.0 cm³/mol. The van der Waals surface area contributed by atoms with Gasteiger partial charge in [-0.05, 0) is 39.0 Å². The minimum atomic E-state index is -0.0758. The summed E-state index contributed by atoms with van der Waals surface area (Å²) >= 11 is 0. The van der Waals surface area contributed by atoms with E-state index in [1.54, 1.807) is 0 Å². The molecular formula is C10H21NO. The van der Waals surface area contributed by atoms with Crippen molar-refractivity contribution in [1.82, 2.24) is 0 Å². The highest BCUT2D eigenvalue weighted by Crippen LogP contribution is 2.47. The van der Waals surface area contributed by atoms with Gasteiger partial charge < -0.3 is 10.5 Å². The Balaban J connectivity index is 2.50. The van der Waals surface area contributed by atoms with Gasteiger partial charge >= 0.3 is 0 Å². The van der Waals surface area contributed by atoms with Crippen molar-refractivity contribution in [3.63, 3.8) is 0 Å². The van der Waals surface area contributed by atoms with Gasteiger partial charge in [0, 0.05) is 6.54 Å². The molecule has 0 aromatic rings. The predicted octanol–water partition coefficient (Wildman–Crippen LogP) is 1.78. The first-order valence-corrected chi connectivity index (χ1v) is 4.87. The van der Waals surface area contributed by atoms with Crippen LogP contribution in [0.5, 0.6) is 0 Å². The van der Waals surface area contributed by atoms with Gasteiger partial charge in [0.25, 0.3) is 0 Å². The van der Waals surface area contributed by atoms with E-state index in [0.717, 1.165) is 5.92 Å². The molecule has 0 amide bonds. The van der Waals surface area contributed by atoms with Gasteiger partial charge in [-0.1, -0.05) is 6.92 Å². The molecule has 12 heavy (non-hydrogen) atoms. The number of ether oxygens (including phenoxy) is 1. The maximum atomic E-state index is 5.86. The second kappa shape index (κ2) is 3.35. The molecule has 72 valence electrons. The quantitative estimate of drug-likeness (QED) is 0.700. The van der Waals surface area contributed by atoms with Crippen LogP contribution in [0.15, 0.2) is 0 Å². The van der Waals surface area contributed by atoms with Gasteiger partial charge in [0.15, 0.2) is 0 Å². The molecule has 2 N–H and O–H groups in total. The molecule has 0 aromatic carbocycles. The highest BCUT2D eigenvalue weighted by molar-refractivity contribution is 4.98. The molecule has 1 saturated carbocycles.